The van der Waals surface area contributed by atoms with Crippen molar-refractivity contribution in [2.75, 3.05) is 32.7 Å². The Morgan fingerprint density at radius 3 is 2.36 bits per heavy atom. The Hall–Kier alpha value is -2.05. The Kier molecular flexibility index (Phi) is 6.30. The molecule has 0 saturated carbocycles. The van der Waals surface area contributed by atoms with Gasteiger partial charge in [-0.2, -0.15) is 13.2 Å². The molecule has 1 aliphatic rings. The van der Waals surface area contributed by atoms with Crippen molar-refractivity contribution in [1.82, 2.24) is 9.80 Å². The first-order valence-corrected chi connectivity index (χ1v) is 9.66. The largest absolute Gasteiger partial charge is 0.417 e. The molecule has 0 N–H and O–H groups in total. The molecule has 1 heterocycles. The molecule has 0 bridgehead atoms. The number of hydrogen-bond donors (Lipinski definition) is 0. The second-order valence-electron chi connectivity index (χ2n) is 6.91. The zero-order valence-corrected chi connectivity index (χ0v) is 16.4. The third-order valence-corrected chi connectivity index (χ3v) is 5.24. The second kappa shape index (κ2) is 8.53. The van der Waals surface area contributed by atoms with Gasteiger partial charge in [-0.25, -0.2) is 0 Å². The fourth-order valence-corrected chi connectivity index (χ4v) is 3.65. The summed E-state index contributed by atoms with van der Waals surface area (Å²) in [5.41, 5.74) is 0.525. The minimum atomic E-state index is -4.53. The Morgan fingerprint density at radius 2 is 1.71 bits per heavy atom. The molecule has 1 amide bonds. The lowest BCUT2D eigenvalue weighted by Gasteiger charge is -2.34. The minimum Gasteiger partial charge on any atom is -0.336 e. The van der Waals surface area contributed by atoms with Crippen molar-refractivity contribution < 1.29 is 18.0 Å². The van der Waals surface area contributed by atoms with E-state index in [1.807, 2.05) is 0 Å². The van der Waals surface area contributed by atoms with E-state index < -0.39 is 11.7 Å². The molecule has 7 heteroatoms. The Labute approximate surface area is 167 Å². The number of halogens is 4. The van der Waals surface area contributed by atoms with E-state index in [1.165, 1.54) is 12.1 Å². The summed E-state index contributed by atoms with van der Waals surface area (Å²) in [5, 5.41) is -0.339. The third kappa shape index (κ3) is 4.67. The summed E-state index contributed by atoms with van der Waals surface area (Å²) in [7, 11) is 0. The Morgan fingerprint density at radius 1 is 1.04 bits per heavy atom. The van der Waals surface area contributed by atoms with Crippen molar-refractivity contribution >= 4 is 17.5 Å². The maximum atomic E-state index is 13.1. The molecule has 0 radical (unpaired) electrons. The van der Waals surface area contributed by atoms with Gasteiger partial charge in [0.15, 0.2) is 0 Å². The number of amides is 1. The summed E-state index contributed by atoms with van der Waals surface area (Å²) in [6.07, 6.45) is -3.45. The van der Waals surface area contributed by atoms with Crippen molar-refractivity contribution in [3.05, 3.63) is 58.6 Å². The van der Waals surface area contributed by atoms with Crippen LogP contribution in [0.15, 0.2) is 42.5 Å². The van der Waals surface area contributed by atoms with Crippen molar-refractivity contribution in [3.8, 4) is 11.1 Å². The average molecular weight is 411 g/mol. The van der Waals surface area contributed by atoms with E-state index in [0.29, 0.717) is 29.8 Å². The van der Waals surface area contributed by atoms with E-state index in [4.69, 9.17) is 11.6 Å². The predicted molar refractivity (Wildman–Crippen MR) is 105 cm³/mol. The molecule has 3 nitrogen and oxygen atoms in total. The van der Waals surface area contributed by atoms with E-state index in [9.17, 15) is 18.0 Å². The maximum Gasteiger partial charge on any atom is 0.417 e. The highest BCUT2D eigenvalue weighted by atomic mass is 35.5. The highest BCUT2D eigenvalue weighted by Crippen LogP contribution is 2.37. The van der Waals surface area contributed by atoms with Gasteiger partial charge in [0.1, 0.15) is 0 Å². The van der Waals surface area contributed by atoms with Gasteiger partial charge >= 0.3 is 6.18 Å². The van der Waals surface area contributed by atoms with Gasteiger partial charge in [-0.15, -0.1) is 0 Å². The van der Waals surface area contributed by atoms with E-state index in [0.717, 1.165) is 32.1 Å². The van der Waals surface area contributed by atoms with Crippen LogP contribution in [0.2, 0.25) is 5.02 Å². The number of carbonyl (C=O) groups is 1. The number of nitrogens with zero attached hydrogens (tertiary/aromatic N) is 2. The van der Waals surface area contributed by atoms with Crippen LogP contribution in [0.4, 0.5) is 13.2 Å². The van der Waals surface area contributed by atoms with Crippen LogP contribution in [-0.4, -0.2) is 48.4 Å². The first-order valence-electron chi connectivity index (χ1n) is 9.28. The third-order valence-electron chi connectivity index (χ3n) is 4.91. The van der Waals surface area contributed by atoms with Crippen LogP contribution in [0, 0.1) is 0 Å². The molecule has 0 unspecified atom stereocenters. The van der Waals surface area contributed by atoms with Gasteiger partial charge in [0.05, 0.1) is 10.6 Å². The van der Waals surface area contributed by atoms with Gasteiger partial charge in [0.25, 0.3) is 5.91 Å². The summed E-state index contributed by atoms with van der Waals surface area (Å²) in [6, 6.07) is 10.5. The highest BCUT2D eigenvalue weighted by molar-refractivity contribution is 6.31. The minimum absolute atomic E-state index is 0.0944. The van der Waals surface area contributed by atoms with Gasteiger partial charge in [0, 0.05) is 31.7 Å². The van der Waals surface area contributed by atoms with Crippen LogP contribution >= 0.6 is 11.6 Å². The zero-order chi connectivity index (χ0) is 20.3. The molecule has 150 valence electrons. The smallest absolute Gasteiger partial charge is 0.336 e. The van der Waals surface area contributed by atoms with Crippen molar-refractivity contribution in [2.24, 2.45) is 0 Å². The van der Waals surface area contributed by atoms with Crippen LogP contribution in [0.1, 0.15) is 29.3 Å². The number of hydrogen-bond acceptors (Lipinski definition) is 2. The molecule has 1 fully saturated rings. The standard InChI is InChI=1S/C21H22ClF3N2O/c1-2-8-26-9-11-27(12-10-26)20(28)17-5-3-4-15(13-17)16-6-7-19(22)18(14-16)21(23,24)25/h3-7,13-14H,2,8-12H2,1H3. The number of piperazine rings is 1. The van der Waals surface area contributed by atoms with Crippen molar-refractivity contribution in [3.63, 3.8) is 0 Å². The lowest BCUT2D eigenvalue weighted by atomic mass is 10.00. The van der Waals surface area contributed by atoms with E-state index in [1.54, 1.807) is 29.2 Å². The molecule has 1 aliphatic heterocycles. The van der Waals surface area contributed by atoms with Gasteiger partial charge in [0.2, 0.25) is 0 Å². The molecule has 28 heavy (non-hydrogen) atoms. The van der Waals surface area contributed by atoms with Crippen molar-refractivity contribution in [1.29, 1.82) is 0 Å². The molecule has 0 atom stereocenters. The van der Waals surface area contributed by atoms with Crippen LogP contribution < -0.4 is 0 Å². The van der Waals surface area contributed by atoms with E-state index in [2.05, 4.69) is 11.8 Å². The van der Waals surface area contributed by atoms with Crippen LogP contribution in [0.25, 0.3) is 11.1 Å². The van der Waals surface area contributed by atoms with Crippen LogP contribution in [-0.2, 0) is 6.18 Å². The van der Waals surface area contributed by atoms with E-state index >= 15 is 0 Å². The molecule has 0 aromatic heterocycles. The lowest BCUT2D eigenvalue weighted by Crippen LogP contribution is -2.48. The van der Waals surface area contributed by atoms with Crippen LogP contribution in [0.5, 0.6) is 0 Å². The van der Waals surface area contributed by atoms with Crippen LogP contribution in [0.3, 0.4) is 0 Å². The summed E-state index contributed by atoms with van der Waals surface area (Å²) in [4.78, 5) is 17.0. The monoisotopic (exact) mass is 410 g/mol. The molecule has 2 aromatic carbocycles. The molecule has 3 rings (SSSR count). The average Bonchev–Trinajstić information content (AvgIpc) is 2.68. The zero-order valence-electron chi connectivity index (χ0n) is 15.6. The number of rotatable bonds is 4. The Balaban J connectivity index is 1.81. The quantitative estimate of drug-likeness (QED) is 0.692. The summed E-state index contributed by atoms with van der Waals surface area (Å²) in [5.74, 6) is -0.0944. The second-order valence-corrected chi connectivity index (χ2v) is 7.31. The lowest BCUT2D eigenvalue weighted by molar-refractivity contribution is -0.137. The molecule has 0 spiro atoms. The number of alkyl halides is 3. The Bertz CT molecular complexity index is 846. The molecular weight excluding hydrogens is 389 g/mol. The van der Waals surface area contributed by atoms with Gasteiger partial charge in [-0.05, 0) is 48.4 Å². The summed E-state index contributed by atoms with van der Waals surface area (Å²) in [6.45, 7) is 6.14. The molecule has 1 saturated heterocycles. The molecule has 2 aromatic rings. The highest BCUT2D eigenvalue weighted by Gasteiger charge is 2.33. The predicted octanol–water partition coefficient (Wildman–Crippen LogP) is 5.19. The van der Waals surface area contributed by atoms with Gasteiger partial charge in [-0.1, -0.05) is 36.7 Å². The first-order chi connectivity index (χ1) is 13.3. The fourth-order valence-electron chi connectivity index (χ4n) is 3.43. The van der Waals surface area contributed by atoms with Gasteiger partial charge < -0.3 is 4.90 Å². The normalized spacial score (nSPS) is 15.7. The number of benzene rings is 2. The maximum absolute atomic E-state index is 13.1. The van der Waals surface area contributed by atoms with Crippen molar-refractivity contribution in [2.45, 2.75) is 19.5 Å². The van der Waals surface area contributed by atoms with E-state index in [-0.39, 0.29) is 10.9 Å². The number of carbonyl (C=O) groups excluding carboxylic acids is 1. The topological polar surface area (TPSA) is 23.6 Å². The first kappa shape index (κ1) is 20.7. The SMILES string of the molecule is CCCN1CCN(C(=O)c2cccc(-c3ccc(Cl)c(C(F)(F)F)c3)c2)CC1. The summed E-state index contributed by atoms with van der Waals surface area (Å²) < 4.78 is 39.4. The molecular formula is C21H22ClF3N2O. The molecule has 0 aliphatic carbocycles. The summed E-state index contributed by atoms with van der Waals surface area (Å²) >= 11 is 5.70. The fraction of sp³-hybridized carbons (Fsp3) is 0.381. The van der Waals surface area contributed by atoms with Gasteiger partial charge in [-0.3, -0.25) is 9.69 Å².